The molecular weight excluding hydrogens is 210 g/mol. The lowest BCUT2D eigenvalue weighted by atomic mass is 9.91. The van der Waals surface area contributed by atoms with Gasteiger partial charge >= 0.3 is 0 Å². The van der Waals surface area contributed by atoms with E-state index in [9.17, 15) is 4.79 Å². The summed E-state index contributed by atoms with van der Waals surface area (Å²) >= 11 is 0. The van der Waals surface area contributed by atoms with Crippen LogP contribution in [-0.4, -0.2) is 5.91 Å². The zero-order valence-electron chi connectivity index (χ0n) is 11.4. The van der Waals surface area contributed by atoms with Crippen molar-refractivity contribution < 1.29 is 4.79 Å². The number of hydrogen-bond donors (Lipinski definition) is 1. The molecule has 0 aromatic heterocycles. The fourth-order valence-electron chi connectivity index (χ4n) is 1.65. The molecule has 1 aromatic carbocycles. The first-order valence-corrected chi connectivity index (χ1v) is 6.18. The predicted molar refractivity (Wildman–Crippen MR) is 71.6 cm³/mol. The zero-order chi connectivity index (χ0) is 13.1. The molecule has 0 fully saturated rings. The Morgan fingerprint density at radius 2 is 1.65 bits per heavy atom. The Labute approximate surface area is 104 Å². The van der Waals surface area contributed by atoms with Gasteiger partial charge in [0.15, 0.2) is 0 Å². The second-order valence-electron chi connectivity index (χ2n) is 5.86. The molecule has 0 unspecified atom stereocenters. The summed E-state index contributed by atoms with van der Waals surface area (Å²) in [6.07, 6.45) is 0. The molecule has 0 aliphatic heterocycles. The maximum atomic E-state index is 12.0. The first kappa shape index (κ1) is 13.8. The molecule has 0 heterocycles. The Hall–Kier alpha value is -1.31. The van der Waals surface area contributed by atoms with Gasteiger partial charge in [0.05, 0.1) is 6.04 Å². The van der Waals surface area contributed by atoms with Gasteiger partial charge in [0, 0.05) is 5.41 Å². The van der Waals surface area contributed by atoms with Gasteiger partial charge in [0.25, 0.3) is 0 Å². The van der Waals surface area contributed by atoms with Crippen LogP contribution in [0.4, 0.5) is 0 Å². The van der Waals surface area contributed by atoms with E-state index in [4.69, 9.17) is 0 Å². The molecule has 0 aliphatic carbocycles. The summed E-state index contributed by atoms with van der Waals surface area (Å²) in [4.78, 5) is 12.0. The Kier molecular flexibility index (Phi) is 4.33. The van der Waals surface area contributed by atoms with E-state index in [2.05, 4.69) is 31.3 Å². The van der Waals surface area contributed by atoms with Crippen LogP contribution in [0.1, 0.15) is 46.2 Å². The van der Waals surface area contributed by atoms with Gasteiger partial charge < -0.3 is 5.32 Å². The lowest BCUT2D eigenvalue weighted by Gasteiger charge is -2.27. The quantitative estimate of drug-likeness (QED) is 0.850. The molecule has 0 saturated carbocycles. The van der Waals surface area contributed by atoms with Crippen LogP contribution >= 0.6 is 0 Å². The van der Waals surface area contributed by atoms with Crippen molar-refractivity contribution in [3.8, 4) is 0 Å². The molecule has 94 valence electrons. The van der Waals surface area contributed by atoms with Crippen LogP contribution in [0, 0.1) is 11.3 Å². The molecule has 2 nitrogen and oxygen atoms in total. The Balaban J connectivity index is 2.86. The van der Waals surface area contributed by atoms with Crippen molar-refractivity contribution in [1.82, 2.24) is 5.32 Å². The maximum Gasteiger partial charge on any atom is 0.225 e. The summed E-state index contributed by atoms with van der Waals surface area (Å²) in [6, 6.07) is 10.2. The SMILES string of the molecule is CC(C)[C@H](NC(=O)C(C)(C)C)c1ccccc1. The van der Waals surface area contributed by atoms with E-state index in [1.54, 1.807) is 0 Å². The van der Waals surface area contributed by atoms with Crippen molar-refractivity contribution in [3.63, 3.8) is 0 Å². The topological polar surface area (TPSA) is 29.1 Å². The summed E-state index contributed by atoms with van der Waals surface area (Å²) in [6.45, 7) is 10.1. The highest BCUT2D eigenvalue weighted by atomic mass is 16.2. The Morgan fingerprint density at radius 3 is 2.06 bits per heavy atom. The van der Waals surface area contributed by atoms with Crippen LogP contribution < -0.4 is 5.32 Å². The number of hydrogen-bond acceptors (Lipinski definition) is 1. The third-order valence-corrected chi connectivity index (χ3v) is 2.79. The van der Waals surface area contributed by atoms with Gasteiger partial charge in [-0.3, -0.25) is 4.79 Å². The largest absolute Gasteiger partial charge is 0.349 e. The van der Waals surface area contributed by atoms with Crippen molar-refractivity contribution in [3.05, 3.63) is 35.9 Å². The lowest BCUT2D eigenvalue weighted by molar-refractivity contribution is -0.129. The summed E-state index contributed by atoms with van der Waals surface area (Å²) < 4.78 is 0. The molecule has 0 spiro atoms. The summed E-state index contributed by atoms with van der Waals surface area (Å²) in [5.74, 6) is 0.476. The van der Waals surface area contributed by atoms with E-state index in [0.29, 0.717) is 5.92 Å². The van der Waals surface area contributed by atoms with Crippen LogP contribution in [0.25, 0.3) is 0 Å². The molecule has 0 bridgehead atoms. The van der Waals surface area contributed by atoms with Crippen LogP contribution in [-0.2, 0) is 4.79 Å². The number of nitrogens with one attached hydrogen (secondary N) is 1. The average molecular weight is 233 g/mol. The summed E-state index contributed by atoms with van der Waals surface area (Å²) in [5, 5.41) is 3.13. The van der Waals surface area contributed by atoms with Gasteiger partial charge in [0.1, 0.15) is 0 Å². The first-order valence-electron chi connectivity index (χ1n) is 6.18. The molecule has 17 heavy (non-hydrogen) atoms. The molecule has 1 N–H and O–H groups in total. The second kappa shape index (κ2) is 5.35. The van der Waals surface area contributed by atoms with Crippen LogP contribution in [0.2, 0.25) is 0 Å². The third-order valence-electron chi connectivity index (χ3n) is 2.79. The van der Waals surface area contributed by atoms with Gasteiger partial charge in [-0.2, -0.15) is 0 Å². The summed E-state index contributed by atoms with van der Waals surface area (Å²) in [7, 11) is 0. The van der Waals surface area contributed by atoms with Gasteiger partial charge in [0.2, 0.25) is 5.91 Å². The molecule has 0 aliphatic rings. The van der Waals surface area contributed by atoms with Crippen molar-refractivity contribution in [2.75, 3.05) is 0 Å². The number of carbonyl (C=O) groups is 1. The molecule has 0 saturated heterocycles. The van der Waals surface area contributed by atoms with Crippen LogP contribution in [0.3, 0.4) is 0 Å². The number of amides is 1. The highest BCUT2D eigenvalue weighted by Gasteiger charge is 2.25. The van der Waals surface area contributed by atoms with Gasteiger partial charge in [-0.05, 0) is 11.5 Å². The van der Waals surface area contributed by atoms with E-state index >= 15 is 0 Å². The number of carbonyl (C=O) groups excluding carboxylic acids is 1. The maximum absolute atomic E-state index is 12.0. The van der Waals surface area contributed by atoms with Crippen LogP contribution in [0.5, 0.6) is 0 Å². The highest BCUT2D eigenvalue weighted by Crippen LogP contribution is 2.23. The minimum atomic E-state index is -0.345. The van der Waals surface area contributed by atoms with Gasteiger partial charge in [-0.15, -0.1) is 0 Å². The molecule has 1 amide bonds. The van der Waals surface area contributed by atoms with Crippen molar-refractivity contribution in [2.24, 2.45) is 11.3 Å². The van der Waals surface area contributed by atoms with Crippen molar-refractivity contribution >= 4 is 5.91 Å². The van der Waals surface area contributed by atoms with E-state index in [0.717, 1.165) is 0 Å². The van der Waals surface area contributed by atoms with Crippen molar-refractivity contribution in [1.29, 1.82) is 0 Å². The van der Waals surface area contributed by atoms with E-state index < -0.39 is 0 Å². The summed E-state index contributed by atoms with van der Waals surface area (Å²) in [5.41, 5.74) is 0.821. The molecule has 2 heteroatoms. The third kappa shape index (κ3) is 3.88. The standard InChI is InChI=1S/C15H23NO/c1-11(2)13(12-9-7-6-8-10-12)16-14(17)15(3,4)5/h6-11,13H,1-5H3,(H,16,17)/t13-/m0/s1. The smallest absolute Gasteiger partial charge is 0.225 e. The zero-order valence-corrected chi connectivity index (χ0v) is 11.4. The van der Waals surface area contributed by atoms with Crippen LogP contribution in [0.15, 0.2) is 30.3 Å². The average Bonchev–Trinajstić information content (AvgIpc) is 2.25. The Morgan fingerprint density at radius 1 is 1.12 bits per heavy atom. The van der Waals surface area contributed by atoms with Crippen molar-refractivity contribution in [2.45, 2.75) is 40.7 Å². The van der Waals surface area contributed by atoms with Gasteiger partial charge in [-0.1, -0.05) is 65.0 Å². The second-order valence-corrected chi connectivity index (χ2v) is 5.86. The number of rotatable bonds is 3. The monoisotopic (exact) mass is 233 g/mol. The van der Waals surface area contributed by atoms with E-state index in [-0.39, 0.29) is 17.4 Å². The van der Waals surface area contributed by atoms with E-state index in [1.807, 2.05) is 39.0 Å². The normalized spacial score (nSPS) is 13.5. The minimum Gasteiger partial charge on any atom is -0.349 e. The number of benzene rings is 1. The fourth-order valence-corrected chi connectivity index (χ4v) is 1.65. The molecular formula is C15H23NO. The Bertz CT molecular complexity index is 362. The predicted octanol–water partition coefficient (Wildman–Crippen LogP) is 3.55. The first-order chi connectivity index (χ1) is 7.82. The minimum absolute atomic E-state index is 0.0860. The molecule has 1 atom stereocenters. The van der Waals surface area contributed by atoms with Gasteiger partial charge in [-0.25, -0.2) is 0 Å². The highest BCUT2D eigenvalue weighted by molar-refractivity contribution is 5.81. The molecule has 1 aromatic rings. The molecule has 0 radical (unpaired) electrons. The lowest BCUT2D eigenvalue weighted by Crippen LogP contribution is -2.39. The van der Waals surface area contributed by atoms with E-state index in [1.165, 1.54) is 5.56 Å². The molecule has 1 rings (SSSR count). The fraction of sp³-hybridized carbons (Fsp3) is 0.533.